The van der Waals surface area contributed by atoms with E-state index >= 15 is 0 Å². The summed E-state index contributed by atoms with van der Waals surface area (Å²) < 4.78 is 58.6. The van der Waals surface area contributed by atoms with Crippen molar-refractivity contribution in [3.8, 4) is 17.3 Å². The minimum atomic E-state index is -4.49. The number of benzene rings is 1. The molecule has 0 bridgehead atoms. The maximum atomic E-state index is 15.0. The van der Waals surface area contributed by atoms with Crippen LogP contribution in [0.15, 0.2) is 36.5 Å². The van der Waals surface area contributed by atoms with Gasteiger partial charge in [-0.05, 0) is 94.6 Å². The van der Waals surface area contributed by atoms with Gasteiger partial charge < -0.3 is 39.8 Å². The quantitative estimate of drug-likeness (QED) is 0.116. The topological polar surface area (TPSA) is 231 Å². The molecule has 2 aromatic heterocycles. The van der Waals surface area contributed by atoms with Gasteiger partial charge in [-0.15, -0.1) is 5.10 Å². The molecular weight excluding hydrogens is 873 g/mol. The summed E-state index contributed by atoms with van der Waals surface area (Å²) in [5.74, 6) is 0.664. The highest BCUT2D eigenvalue weighted by atomic mass is 32.2. The van der Waals surface area contributed by atoms with Crippen LogP contribution < -0.4 is 30.1 Å². The molecule has 1 aliphatic heterocycles. The van der Waals surface area contributed by atoms with Gasteiger partial charge in [-0.25, -0.2) is 23.4 Å². The van der Waals surface area contributed by atoms with Gasteiger partial charge in [-0.2, -0.15) is 8.42 Å². The first-order valence-electron chi connectivity index (χ1n) is 23.1. The molecule has 0 radical (unpaired) electrons. The van der Waals surface area contributed by atoms with Gasteiger partial charge in [0, 0.05) is 50.8 Å². The Morgan fingerprint density at radius 1 is 1.00 bits per heavy atom. The van der Waals surface area contributed by atoms with E-state index in [0.717, 1.165) is 19.3 Å². The zero-order valence-electron chi connectivity index (χ0n) is 39.0. The van der Waals surface area contributed by atoms with Crippen molar-refractivity contribution in [1.82, 2.24) is 35.0 Å². The Hall–Kier alpha value is -5.21. The zero-order chi connectivity index (χ0) is 47.3. The van der Waals surface area contributed by atoms with E-state index in [9.17, 15) is 27.6 Å². The summed E-state index contributed by atoms with van der Waals surface area (Å²) in [6.45, 7) is 13.6. The van der Waals surface area contributed by atoms with Crippen molar-refractivity contribution >= 4 is 50.8 Å². The normalized spacial score (nSPS) is 26.6. The number of alkyl carbamates (subject to hydrolysis) is 1. The lowest BCUT2D eigenvalue weighted by atomic mass is 9.85. The van der Waals surface area contributed by atoms with Gasteiger partial charge in [0.2, 0.25) is 11.8 Å². The maximum Gasteiger partial charge on any atom is 0.408 e. The molecule has 0 spiro atoms. The van der Waals surface area contributed by atoms with Crippen molar-refractivity contribution in [3.63, 3.8) is 0 Å². The Morgan fingerprint density at radius 3 is 2.39 bits per heavy atom. The Kier molecular flexibility index (Phi) is 13.0. The molecule has 4 saturated carbocycles. The summed E-state index contributed by atoms with van der Waals surface area (Å²) >= 11 is 0. The number of methoxy groups -OCH3 is 1. The molecule has 2 unspecified atom stereocenters. The first kappa shape index (κ1) is 47.3. The molecule has 20 heteroatoms. The SMILES string of the molecule is CC[C@@H]1C[C@]1(NC(=O)[C@@H]1C[C@@H](Oc2cc(-n3ccc(NC(C)C)n3)nc3cc(OCCOC)ccc23)CN1C(=O)[C@@H](NC(=O)OC1CC2CC2C1)C(C)(C)C)C(=O)NS(=O)(=O)OC1(C)CC1.[HH]. The first-order chi connectivity index (χ1) is 31.2. The van der Waals surface area contributed by atoms with Crippen molar-refractivity contribution < 1.29 is 52.2 Å². The molecule has 5 aliphatic rings. The van der Waals surface area contributed by atoms with Gasteiger partial charge in [0.25, 0.3) is 5.91 Å². The number of hydrogen-bond acceptors (Lipinski definition) is 14. The van der Waals surface area contributed by atoms with Crippen molar-refractivity contribution in [2.75, 3.05) is 32.2 Å². The molecule has 4 amide bonds. The van der Waals surface area contributed by atoms with Crippen LogP contribution in [0.2, 0.25) is 0 Å². The van der Waals surface area contributed by atoms with E-state index < -0.39 is 68.9 Å². The number of nitrogens with zero attached hydrogens (tertiary/aromatic N) is 4. The van der Waals surface area contributed by atoms with Gasteiger partial charge in [-0.1, -0.05) is 34.1 Å². The smallest absolute Gasteiger partial charge is 0.408 e. The van der Waals surface area contributed by atoms with Crippen molar-refractivity contribution in [2.24, 2.45) is 23.2 Å². The zero-order valence-corrected chi connectivity index (χ0v) is 39.9. The minimum Gasteiger partial charge on any atom is -0.491 e. The number of hydrogen-bond donors (Lipinski definition) is 4. The number of amides is 4. The molecule has 66 heavy (non-hydrogen) atoms. The van der Waals surface area contributed by atoms with Gasteiger partial charge in [0.15, 0.2) is 5.82 Å². The van der Waals surface area contributed by atoms with Crippen LogP contribution in [0, 0.1) is 23.2 Å². The van der Waals surface area contributed by atoms with Crippen LogP contribution in [0.3, 0.4) is 0 Å². The number of anilines is 1. The van der Waals surface area contributed by atoms with Gasteiger partial charge >= 0.3 is 16.4 Å². The Labute approximate surface area is 387 Å². The third kappa shape index (κ3) is 10.6. The van der Waals surface area contributed by atoms with Crippen LogP contribution in [0.4, 0.5) is 10.6 Å². The Bertz CT molecular complexity index is 2450. The fourth-order valence-corrected chi connectivity index (χ4v) is 10.5. The Morgan fingerprint density at radius 2 is 1.74 bits per heavy atom. The van der Waals surface area contributed by atoms with Crippen molar-refractivity contribution in [3.05, 3.63) is 36.5 Å². The third-order valence-electron chi connectivity index (χ3n) is 13.4. The summed E-state index contributed by atoms with van der Waals surface area (Å²) in [5.41, 5.74) is -2.76. The Balaban J connectivity index is 0.00000666. The minimum absolute atomic E-state index is 0. The summed E-state index contributed by atoms with van der Waals surface area (Å²) in [6.07, 6.45) is 4.48. The number of pyridine rings is 1. The van der Waals surface area contributed by atoms with Crippen LogP contribution in [0.5, 0.6) is 11.5 Å². The van der Waals surface area contributed by atoms with Crippen LogP contribution in [0.1, 0.15) is 101 Å². The van der Waals surface area contributed by atoms with E-state index in [4.69, 9.17) is 28.1 Å². The van der Waals surface area contributed by atoms with E-state index in [1.54, 1.807) is 43.1 Å². The summed E-state index contributed by atoms with van der Waals surface area (Å²) in [7, 11) is -2.90. The second-order valence-corrected chi connectivity index (χ2v) is 21.6. The lowest BCUT2D eigenvalue weighted by Gasteiger charge is -2.35. The number of carbonyl (C=O) groups is 4. The molecule has 1 saturated heterocycles. The second kappa shape index (κ2) is 18.1. The molecule has 1 aromatic carbocycles. The number of fused-ring (bicyclic) bond motifs is 2. The first-order valence-corrected chi connectivity index (χ1v) is 24.5. The highest BCUT2D eigenvalue weighted by Crippen LogP contribution is 2.52. The highest BCUT2D eigenvalue weighted by molar-refractivity contribution is 7.85. The van der Waals surface area contributed by atoms with Crippen molar-refractivity contribution in [1.29, 1.82) is 0 Å². The molecule has 3 aromatic rings. The number of likely N-dealkylation sites (tertiary alicyclic amines) is 1. The molecular formula is C46H66N8O11S. The number of rotatable bonds is 19. The molecule has 19 nitrogen and oxygen atoms in total. The maximum absolute atomic E-state index is 15.0. The van der Waals surface area contributed by atoms with E-state index in [1.807, 2.05) is 58.4 Å². The lowest BCUT2D eigenvalue weighted by Crippen LogP contribution is -2.60. The van der Waals surface area contributed by atoms with E-state index in [1.165, 1.54) is 4.90 Å². The van der Waals surface area contributed by atoms with Gasteiger partial charge in [0.1, 0.15) is 53.8 Å². The van der Waals surface area contributed by atoms with E-state index in [2.05, 4.69) is 21.0 Å². The average Bonchev–Trinajstić information content (AvgIpc) is 4.15. The monoisotopic (exact) mass is 938 g/mol. The van der Waals surface area contributed by atoms with Gasteiger partial charge in [0.05, 0.1) is 24.3 Å². The molecule has 3 heterocycles. The second-order valence-electron chi connectivity index (χ2n) is 20.3. The molecule has 4 aliphatic carbocycles. The summed E-state index contributed by atoms with van der Waals surface area (Å²) in [5, 5.41) is 14.3. The summed E-state index contributed by atoms with van der Waals surface area (Å²) in [6, 6.07) is 6.78. The van der Waals surface area contributed by atoms with Crippen LogP contribution in [0.25, 0.3) is 16.7 Å². The van der Waals surface area contributed by atoms with Crippen LogP contribution in [-0.2, 0) is 38.3 Å². The molecule has 4 N–H and O–H groups in total. The predicted molar refractivity (Wildman–Crippen MR) is 244 cm³/mol. The number of carbonyl (C=O) groups excluding carboxylic acids is 4. The molecule has 7 atom stereocenters. The third-order valence-corrected chi connectivity index (χ3v) is 14.4. The number of ether oxygens (including phenoxy) is 4. The summed E-state index contributed by atoms with van der Waals surface area (Å²) in [4.78, 5) is 63.3. The fraction of sp³-hybridized carbons (Fsp3) is 0.652. The van der Waals surface area contributed by atoms with Gasteiger partial charge in [-0.3, -0.25) is 14.4 Å². The predicted octanol–water partition coefficient (Wildman–Crippen LogP) is 5.01. The molecule has 8 rings (SSSR count). The molecule has 362 valence electrons. The van der Waals surface area contributed by atoms with E-state index in [-0.39, 0.29) is 38.9 Å². The number of aromatic nitrogens is 3. The van der Waals surface area contributed by atoms with E-state index in [0.29, 0.717) is 78.3 Å². The fourth-order valence-electron chi connectivity index (χ4n) is 9.33. The largest absolute Gasteiger partial charge is 0.491 e. The lowest BCUT2D eigenvalue weighted by molar-refractivity contribution is -0.143. The molecule has 5 fully saturated rings. The van der Waals surface area contributed by atoms with Crippen molar-refractivity contribution in [2.45, 2.75) is 141 Å². The average molecular weight is 939 g/mol. The highest BCUT2D eigenvalue weighted by Gasteiger charge is 2.62. The van der Waals surface area contributed by atoms with Crippen LogP contribution in [-0.4, -0.2) is 120 Å². The number of nitrogens with one attached hydrogen (secondary N) is 4. The standard InChI is InChI=1S/C46H64N8O11S.H2/c1-9-29-24-46(29,42(57)52-66(59,60)65-45(7)13-14-45)50-40(55)35-22-32(25-53(35)41(56)39(44(4,5)6)49-43(58)64-31-19-27-18-28(27)20-31)63-36-23-38(54-15-12-37(51-54)47-26(2)3)48-34-21-30(10-11-33(34)36)62-17-16-61-8;/h10-12,15,21,23,26-29,31-32,35,39H,9,13-14,16-20,22,24-25H2,1-8H3,(H,47,51)(H,49,58)(H,50,55)(H,52,57);1H/t27?,28?,29-,31?,32-,35+,39-,46-;/m1./s1. The van der Waals surface area contributed by atoms with Crippen LogP contribution >= 0.6 is 0 Å².